The lowest BCUT2D eigenvalue weighted by Crippen LogP contribution is -2.46. The predicted molar refractivity (Wildman–Crippen MR) is 74.4 cm³/mol. The maximum atomic E-state index is 12.1. The van der Waals surface area contributed by atoms with Gasteiger partial charge in [-0.3, -0.25) is 4.79 Å². The largest absolute Gasteiger partial charge is 0.349 e. The first-order valence-electron chi connectivity index (χ1n) is 6.05. The SMILES string of the molecule is CC1CC(NC(=O)c2ccc(Cl)cc2Cl)CCN1. The molecule has 1 heterocycles. The zero-order valence-electron chi connectivity index (χ0n) is 10.2. The molecular weight excluding hydrogens is 271 g/mol. The number of benzene rings is 1. The molecule has 5 heteroatoms. The van der Waals surface area contributed by atoms with Crippen LogP contribution in [0.15, 0.2) is 18.2 Å². The monoisotopic (exact) mass is 286 g/mol. The van der Waals surface area contributed by atoms with E-state index in [0.29, 0.717) is 21.7 Å². The smallest absolute Gasteiger partial charge is 0.253 e. The molecule has 98 valence electrons. The molecule has 0 aliphatic carbocycles. The summed E-state index contributed by atoms with van der Waals surface area (Å²) < 4.78 is 0. The van der Waals surface area contributed by atoms with Gasteiger partial charge in [0.2, 0.25) is 0 Å². The van der Waals surface area contributed by atoms with Crippen molar-refractivity contribution in [3.05, 3.63) is 33.8 Å². The van der Waals surface area contributed by atoms with Crippen LogP contribution in [0.3, 0.4) is 0 Å². The van der Waals surface area contributed by atoms with E-state index in [1.807, 2.05) is 0 Å². The van der Waals surface area contributed by atoms with Crippen molar-refractivity contribution in [3.8, 4) is 0 Å². The first-order valence-corrected chi connectivity index (χ1v) is 6.81. The van der Waals surface area contributed by atoms with Crippen molar-refractivity contribution in [2.45, 2.75) is 31.8 Å². The molecule has 2 unspecified atom stereocenters. The quantitative estimate of drug-likeness (QED) is 0.878. The first-order chi connectivity index (χ1) is 8.56. The fourth-order valence-corrected chi connectivity index (χ4v) is 2.69. The minimum absolute atomic E-state index is 0.129. The second kappa shape index (κ2) is 5.91. The molecule has 1 saturated heterocycles. The fourth-order valence-electron chi connectivity index (χ4n) is 2.20. The molecular formula is C13H16Cl2N2O. The van der Waals surface area contributed by atoms with Crippen LogP contribution < -0.4 is 10.6 Å². The Morgan fingerprint density at radius 2 is 2.22 bits per heavy atom. The topological polar surface area (TPSA) is 41.1 Å². The Hall–Kier alpha value is -0.770. The second-order valence-corrected chi connectivity index (χ2v) is 5.52. The highest BCUT2D eigenvalue weighted by Gasteiger charge is 2.21. The van der Waals surface area contributed by atoms with E-state index in [1.165, 1.54) is 0 Å². The van der Waals surface area contributed by atoms with Crippen molar-refractivity contribution in [2.24, 2.45) is 0 Å². The normalized spacial score (nSPS) is 23.7. The minimum Gasteiger partial charge on any atom is -0.349 e. The van der Waals surface area contributed by atoms with E-state index < -0.39 is 0 Å². The van der Waals surface area contributed by atoms with Crippen molar-refractivity contribution in [2.75, 3.05) is 6.54 Å². The lowest BCUT2D eigenvalue weighted by Gasteiger charge is -2.28. The molecule has 1 fully saturated rings. The van der Waals surface area contributed by atoms with Crippen LogP contribution in [0.1, 0.15) is 30.1 Å². The van der Waals surface area contributed by atoms with Crippen LogP contribution in [-0.2, 0) is 0 Å². The summed E-state index contributed by atoms with van der Waals surface area (Å²) in [4.78, 5) is 12.1. The van der Waals surface area contributed by atoms with Gasteiger partial charge in [-0.2, -0.15) is 0 Å². The molecule has 18 heavy (non-hydrogen) atoms. The highest BCUT2D eigenvalue weighted by Crippen LogP contribution is 2.21. The van der Waals surface area contributed by atoms with Gasteiger partial charge in [0, 0.05) is 17.1 Å². The third-order valence-corrected chi connectivity index (χ3v) is 3.68. The van der Waals surface area contributed by atoms with Crippen LogP contribution in [0.2, 0.25) is 10.0 Å². The van der Waals surface area contributed by atoms with E-state index in [2.05, 4.69) is 17.6 Å². The number of halogens is 2. The Kier molecular flexibility index (Phi) is 4.49. The number of hydrogen-bond acceptors (Lipinski definition) is 2. The van der Waals surface area contributed by atoms with Crippen LogP contribution in [0, 0.1) is 0 Å². The summed E-state index contributed by atoms with van der Waals surface area (Å²) in [7, 11) is 0. The van der Waals surface area contributed by atoms with E-state index in [0.717, 1.165) is 19.4 Å². The highest BCUT2D eigenvalue weighted by atomic mass is 35.5. The zero-order chi connectivity index (χ0) is 13.1. The molecule has 0 aromatic heterocycles. The summed E-state index contributed by atoms with van der Waals surface area (Å²) in [6.07, 6.45) is 1.89. The van der Waals surface area contributed by atoms with Crippen LogP contribution in [0.4, 0.5) is 0 Å². The number of nitrogens with one attached hydrogen (secondary N) is 2. The molecule has 2 N–H and O–H groups in total. The van der Waals surface area contributed by atoms with Crippen LogP contribution >= 0.6 is 23.2 Å². The number of carbonyl (C=O) groups is 1. The van der Waals surface area contributed by atoms with Gasteiger partial charge in [-0.05, 0) is 44.5 Å². The molecule has 2 rings (SSSR count). The Morgan fingerprint density at radius 1 is 1.44 bits per heavy atom. The van der Waals surface area contributed by atoms with Gasteiger partial charge >= 0.3 is 0 Å². The zero-order valence-corrected chi connectivity index (χ0v) is 11.7. The van der Waals surface area contributed by atoms with Gasteiger partial charge in [0.25, 0.3) is 5.91 Å². The van der Waals surface area contributed by atoms with E-state index in [1.54, 1.807) is 18.2 Å². The van der Waals surface area contributed by atoms with Gasteiger partial charge < -0.3 is 10.6 Å². The number of piperidine rings is 1. The Labute approximate surface area is 117 Å². The average molecular weight is 287 g/mol. The summed E-state index contributed by atoms with van der Waals surface area (Å²) in [5, 5.41) is 7.29. The molecule has 1 aliphatic rings. The van der Waals surface area contributed by atoms with Crippen molar-refractivity contribution in [1.29, 1.82) is 0 Å². The molecule has 1 amide bonds. The van der Waals surface area contributed by atoms with E-state index in [-0.39, 0.29) is 11.9 Å². The molecule has 1 aromatic rings. The fraction of sp³-hybridized carbons (Fsp3) is 0.462. The predicted octanol–water partition coefficient (Wildman–Crippen LogP) is 2.86. The standard InChI is InChI=1S/C13H16Cl2N2O/c1-8-6-10(4-5-16-8)17-13(18)11-3-2-9(14)7-12(11)15/h2-3,7-8,10,16H,4-6H2,1H3,(H,17,18). The Balaban J connectivity index is 2.03. The van der Waals surface area contributed by atoms with Gasteiger partial charge in [0.05, 0.1) is 10.6 Å². The molecule has 0 saturated carbocycles. The van der Waals surface area contributed by atoms with E-state index in [9.17, 15) is 4.79 Å². The summed E-state index contributed by atoms with van der Waals surface area (Å²) in [5.74, 6) is -0.129. The van der Waals surface area contributed by atoms with Crippen LogP contribution in [0.25, 0.3) is 0 Å². The van der Waals surface area contributed by atoms with Gasteiger partial charge in [-0.25, -0.2) is 0 Å². The van der Waals surface area contributed by atoms with Crippen LogP contribution in [0.5, 0.6) is 0 Å². The van der Waals surface area contributed by atoms with Gasteiger partial charge in [-0.15, -0.1) is 0 Å². The van der Waals surface area contributed by atoms with Gasteiger partial charge in [-0.1, -0.05) is 23.2 Å². The highest BCUT2D eigenvalue weighted by molar-refractivity contribution is 6.36. The average Bonchev–Trinajstić information content (AvgIpc) is 2.28. The second-order valence-electron chi connectivity index (χ2n) is 4.67. The lowest BCUT2D eigenvalue weighted by molar-refractivity contribution is 0.0926. The third-order valence-electron chi connectivity index (χ3n) is 3.13. The van der Waals surface area contributed by atoms with E-state index in [4.69, 9.17) is 23.2 Å². The molecule has 2 atom stereocenters. The maximum absolute atomic E-state index is 12.1. The Bertz CT molecular complexity index is 451. The van der Waals surface area contributed by atoms with Crippen molar-refractivity contribution in [1.82, 2.24) is 10.6 Å². The first kappa shape index (κ1) is 13.7. The third kappa shape index (κ3) is 3.37. The molecule has 1 aromatic carbocycles. The lowest BCUT2D eigenvalue weighted by atomic mass is 10.0. The van der Waals surface area contributed by atoms with Gasteiger partial charge in [0.15, 0.2) is 0 Å². The summed E-state index contributed by atoms with van der Waals surface area (Å²) in [6.45, 7) is 3.05. The number of amides is 1. The van der Waals surface area contributed by atoms with Crippen molar-refractivity contribution in [3.63, 3.8) is 0 Å². The van der Waals surface area contributed by atoms with Gasteiger partial charge in [0.1, 0.15) is 0 Å². The molecule has 0 bridgehead atoms. The minimum atomic E-state index is -0.129. The van der Waals surface area contributed by atoms with Crippen LogP contribution in [-0.4, -0.2) is 24.5 Å². The Morgan fingerprint density at radius 3 is 2.89 bits per heavy atom. The number of hydrogen-bond donors (Lipinski definition) is 2. The number of carbonyl (C=O) groups excluding carboxylic acids is 1. The summed E-state index contributed by atoms with van der Waals surface area (Å²) in [5.41, 5.74) is 0.479. The maximum Gasteiger partial charge on any atom is 0.253 e. The molecule has 1 aliphatic heterocycles. The summed E-state index contributed by atoms with van der Waals surface area (Å²) >= 11 is 11.8. The molecule has 0 spiro atoms. The molecule has 0 radical (unpaired) electrons. The summed E-state index contributed by atoms with van der Waals surface area (Å²) in [6, 6.07) is 5.56. The van der Waals surface area contributed by atoms with Crippen molar-refractivity contribution < 1.29 is 4.79 Å². The van der Waals surface area contributed by atoms with Crippen molar-refractivity contribution >= 4 is 29.1 Å². The van der Waals surface area contributed by atoms with E-state index >= 15 is 0 Å². The number of rotatable bonds is 2. The molecule has 3 nitrogen and oxygen atoms in total.